The standard InChI is InChI=1S/C10H15N3O6S2/c1-19-10(14)5-6-20(15,16)12-8-3-2-4-9(7-8)13-21(11,17)18/h2-4,7,12-13H,5-6H2,1H3,(H2,11,17,18). The molecule has 21 heavy (non-hydrogen) atoms. The zero-order chi connectivity index (χ0) is 16.1. The summed E-state index contributed by atoms with van der Waals surface area (Å²) in [6, 6.07) is 5.51. The monoisotopic (exact) mass is 337 g/mol. The van der Waals surface area contributed by atoms with Crippen molar-refractivity contribution in [1.29, 1.82) is 0 Å². The Balaban J connectivity index is 2.78. The molecule has 1 aromatic carbocycles. The third kappa shape index (κ3) is 6.92. The van der Waals surface area contributed by atoms with Gasteiger partial charge in [0.1, 0.15) is 0 Å². The highest BCUT2D eigenvalue weighted by Gasteiger charge is 2.14. The molecular weight excluding hydrogens is 322 g/mol. The number of ether oxygens (including phenoxy) is 1. The van der Waals surface area contributed by atoms with Crippen LogP contribution in [0.15, 0.2) is 24.3 Å². The Morgan fingerprint density at radius 2 is 1.76 bits per heavy atom. The average molecular weight is 337 g/mol. The van der Waals surface area contributed by atoms with E-state index in [9.17, 15) is 21.6 Å². The quantitative estimate of drug-likeness (QED) is 0.578. The Bertz CT molecular complexity index is 714. The van der Waals surface area contributed by atoms with E-state index in [-0.39, 0.29) is 17.8 Å². The Labute approximate surface area is 122 Å². The number of anilines is 2. The smallest absolute Gasteiger partial charge is 0.306 e. The van der Waals surface area contributed by atoms with E-state index < -0.39 is 32.0 Å². The topological polar surface area (TPSA) is 145 Å². The van der Waals surface area contributed by atoms with Crippen molar-refractivity contribution in [2.75, 3.05) is 22.3 Å². The maximum absolute atomic E-state index is 11.7. The first-order valence-corrected chi connectivity index (χ1v) is 8.79. The van der Waals surface area contributed by atoms with Crippen LogP contribution in [0.3, 0.4) is 0 Å². The molecule has 0 bridgehead atoms. The molecule has 0 heterocycles. The lowest BCUT2D eigenvalue weighted by Crippen LogP contribution is -2.22. The number of nitrogens with one attached hydrogen (secondary N) is 2. The molecule has 0 amide bonds. The number of carbonyl (C=O) groups excluding carboxylic acids is 1. The van der Waals surface area contributed by atoms with Crippen LogP contribution in [0.2, 0.25) is 0 Å². The first-order valence-electron chi connectivity index (χ1n) is 5.59. The van der Waals surface area contributed by atoms with Crippen LogP contribution in [0.1, 0.15) is 6.42 Å². The summed E-state index contributed by atoms with van der Waals surface area (Å²) in [6.45, 7) is 0. The SMILES string of the molecule is COC(=O)CCS(=O)(=O)Nc1cccc(NS(N)(=O)=O)c1. The predicted molar refractivity (Wildman–Crippen MR) is 77.2 cm³/mol. The summed E-state index contributed by atoms with van der Waals surface area (Å²) in [7, 11) is -6.55. The molecule has 0 spiro atoms. The third-order valence-electron chi connectivity index (χ3n) is 2.20. The zero-order valence-electron chi connectivity index (χ0n) is 11.1. The van der Waals surface area contributed by atoms with Gasteiger partial charge in [-0.2, -0.15) is 8.42 Å². The van der Waals surface area contributed by atoms with Gasteiger partial charge in [0.2, 0.25) is 10.0 Å². The van der Waals surface area contributed by atoms with Crippen molar-refractivity contribution in [3.05, 3.63) is 24.3 Å². The summed E-state index contributed by atoms with van der Waals surface area (Å²) >= 11 is 0. The molecule has 0 unspecified atom stereocenters. The molecule has 0 aliphatic rings. The van der Waals surface area contributed by atoms with Gasteiger partial charge in [0.05, 0.1) is 30.7 Å². The maximum atomic E-state index is 11.7. The zero-order valence-corrected chi connectivity index (χ0v) is 12.7. The molecule has 11 heteroatoms. The van der Waals surface area contributed by atoms with Crippen molar-refractivity contribution in [1.82, 2.24) is 0 Å². The Hall–Kier alpha value is -1.85. The molecule has 118 valence electrons. The fraction of sp³-hybridized carbons (Fsp3) is 0.300. The lowest BCUT2D eigenvalue weighted by molar-refractivity contribution is -0.140. The summed E-state index contributed by atoms with van der Waals surface area (Å²) in [6.07, 6.45) is -0.291. The number of carbonyl (C=O) groups is 1. The van der Waals surface area contributed by atoms with E-state index >= 15 is 0 Å². The van der Waals surface area contributed by atoms with Gasteiger partial charge in [0.25, 0.3) is 10.2 Å². The molecule has 1 rings (SSSR count). The van der Waals surface area contributed by atoms with Crippen molar-refractivity contribution in [3.63, 3.8) is 0 Å². The highest BCUT2D eigenvalue weighted by atomic mass is 32.2. The molecule has 0 saturated carbocycles. The molecule has 0 radical (unpaired) electrons. The van der Waals surface area contributed by atoms with Crippen LogP contribution in [0, 0.1) is 0 Å². The van der Waals surface area contributed by atoms with Crippen LogP contribution < -0.4 is 14.6 Å². The van der Waals surface area contributed by atoms with Crippen LogP contribution in [0.25, 0.3) is 0 Å². The normalized spacial score (nSPS) is 11.7. The number of esters is 1. The van der Waals surface area contributed by atoms with Gasteiger partial charge in [-0.05, 0) is 18.2 Å². The van der Waals surface area contributed by atoms with E-state index in [4.69, 9.17) is 5.14 Å². The van der Waals surface area contributed by atoms with Gasteiger partial charge < -0.3 is 4.74 Å². The molecule has 0 aromatic heterocycles. The number of nitrogens with two attached hydrogens (primary N) is 1. The Morgan fingerprint density at radius 3 is 2.29 bits per heavy atom. The van der Waals surface area contributed by atoms with E-state index in [2.05, 4.69) is 9.46 Å². The molecule has 4 N–H and O–H groups in total. The fourth-order valence-corrected chi connectivity index (χ4v) is 2.84. The van der Waals surface area contributed by atoms with Gasteiger partial charge in [0, 0.05) is 0 Å². The van der Waals surface area contributed by atoms with Gasteiger partial charge >= 0.3 is 5.97 Å². The third-order valence-corrected chi connectivity index (χ3v) is 4.01. The summed E-state index contributed by atoms with van der Waals surface area (Å²) in [5.74, 6) is -1.10. The minimum Gasteiger partial charge on any atom is -0.469 e. The van der Waals surface area contributed by atoms with Crippen molar-refractivity contribution < 1.29 is 26.4 Å². The van der Waals surface area contributed by atoms with Gasteiger partial charge in [-0.1, -0.05) is 6.07 Å². The van der Waals surface area contributed by atoms with Crippen LogP contribution in [-0.4, -0.2) is 35.7 Å². The van der Waals surface area contributed by atoms with Crippen molar-refractivity contribution in [2.45, 2.75) is 6.42 Å². The summed E-state index contributed by atoms with van der Waals surface area (Å²) in [5.41, 5.74) is 0.235. The lowest BCUT2D eigenvalue weighted by atomic mass is 10.3. The second kappa shape index (κ2) is 6.74. The molecule has 1 aromatic rings. The second-order valence-electron chi connectivity index (χ2n) is 3.97. The van der Waals surface area contributed by atoms with Crippen LogP contribution in [0.5, 0.6) is 0 Å². The average Bonchev–Trinajstić information content (AvgIpc) is 2.33. The van der Waals surface area contributed by atoms with Crippen molar-refractivity contribution >= 4 is 37.6 Å². The molecule has 9 nitrogen and oxygen atoms in total. The highest BCUT2D eigenvalue weighted by Crippen LogP contribution is 2.17. The van der Waals surface area contributed by atoms with E-state index in [1.54, 1.807) is 0 Å². The molecular formula is C10H15N3O6S2. The number of methoxy groups -OCH3 is 1. The number of benzene rings is 1. The molecule has 0 fully saturated rings. The maximum Gasteiger partial charge on any atom is 0.306 e. The molecule has 0 saturated heterocycles. The predicted octanol–water partition coefficient (Wildman–Crippen LogP) is -0.393. The van der Waals surface area contributed by atoms with Gasteiger partial charge in [0.15, 0.2) is 0 Å². The Kier molecular flexibility index (Phi) is 5.52. The fourth-order valence-electron chi connectivity index (χ4n) is 1.36. The summed E-state index contributed by atoms with van der Waals surface area (Å²) < 4.78 is 53.8. The Morgan fingerprint density at radius 1 is 1.19 bits per heavy atom. The number of hydrogen-bond acceptors (Lipinski definition) is 6. The molecule has 0 atom stereocenters. The molecule has 0 aliphatic carbocycles. The lowest BCUT2D eigenvalue weighted by Gasteiger charge is -2.09. The van der Waals surface area contributed by atoms with Crippen molar-refractivity contribution in [2.24, 2.45) is 5.14 Å². The van der Waals surface area contributed by atoms with Crippen molar-refractivity contribution in [3.8, 4) is 0 Å². The van der Waals surface area contributed by atoms with Crippen LogP contribution >= 0.6 is 0 Å². The molecule has 0 aliphatic heterocycles. The number of hydrogen-bond donors (Lipinski definition) is 3. The highest BCUT2D eigenvalue weighted by molar-refractivity contribution is 7.92. The van der Waals surface area contributed by atoms with E-state index in [1.165, 1.54) is 24.3 Å². The number of rotatable bonds is 7. The van der Waals surface area contributed by atoms with Crippen LogP contribution in [0.4, 0.5) is 11.4 Å². The first-order chi connectivity index (χ1) is 9.61. The van der Waals surface area contributed by atoms with E-state index in [0.717, 1.165) is 7.11 Å². The first kappa shape index (κ1) is 17.2. The van der Waals surface area contributed by atoms with Gasteiger partial charge in [-0.15, -0.1) is 0 Å². The van der Waals surface area contributed by atoms with Gasteiger partial charge in [-0.3, -0.25) is 14.2 Å². The largest absolute Gasteiger partial charge is 0.469 e. The number of sulfonamides is 1. The summed E-state index contributed by atoms with van der Waals surface area (Å²) in [5, 5.41) is 4.81. The second-order valence-corrected chi connectivity index (χ2v) is 7.11. The summed E-state index contributed by atoms with van der Waals surface area (Å²) in [4.78, 5) is 10.9. The minimum atomic E-state index is -3.95. The van der Waals surface area contributed by atoms with Crippen LogP contribution in [-0.2, 0) is 29.8 Å². The minimum absolute atomic E-state index is 0.102. The van der Waals surface area contributed by atoms with E-state index in [1.807, 2.05) is 4.72 Å². The van der Waals surface area contributed by atoms with Gasteiger partial charge in [-0.25, -0.2) is 13.6 Å². The van der Waals surface area contributed by atoms with E-state index in [0.29, 0.717) is 0 Å².